The largest absolute Gasteiger partial charge is 0.462 e. The van der Waals surface area contributed by atoms with Crippen LogP contribution in [-0.4, -0.2) is 23.3 Å². The number of esters is 1. The second-order valence-electron chi connectivity index (χ2n) is 3.21. The van der Waals surface area contributed by atoms with Gasteiger partial charge in [-0.05, 0) is 5.92 Å². The van der Waals surface area contributed by atoms with Gasteiger partial charge in [-0.25, -0.2) is 4.79 Å². The zero-order chi connectivity index (χ0) is 10.6. The lowest BCUT2D eigenvalue weighted by Gasteiger charge is -2.02. The molecule has 1 aromatic rings. The monoisotopic (exact) mass is 198 g/mol. The number of carbonyl (C=O) groups is 1. The fourth-order valence-electron chi connectivity index (χ4n) is 0.948. The van der Waals surface area contributed by atoms with Gasteiger partial charge in [-0.15, -0.1) is 10.2 Å². The fraction of sp³-hybridized carbons (Fsp3) is 0.667. The first-order chi connectivity index (χ1) is 6.67. The van der Waals surface area contributed by atoms with Crippen molar-refractivity contribution in [2.75, 3.05) is 7.11 Å². The molecule has 0 aliphatic heterocycles. The summed E-state index contributed by atoms with van der Waals surface area (Å²) in [6.07, 6.45) is 1.73. The average molecular weight is 198 g/mol. The Bertz CT molecular complexity index is 309. The molecule has 0 saturated heterocycles. The normalized spacial score (nSPS) is 12.5. The van der Waals surface area contributed by atoms with Crippen LogP contribution >= 0.6 is 0 Å². The van der Waals surface area contributed by atoms with Gasteiger partial charge in [0.25, 0.3) is 0 Å². The van der Waals surface area contributed by atoms with Gasteiger partial charge < -0.3 is 9.15 Å². The quantitative estimate of drug-likeness (QED) is 0.685. The molecule has 0 N–H and O–H groups in total. The van der Waals surface area contributed by atoms with Gasteiger partial charge in [0.15, 0.2) is 0 Å². The smallest absolute Gasteiger partial charge is 0.396 e. The molecule has 0 radical (unpaired) electrons. The predicted octanol–water partition coefficient (Wildman–Crippen LogP) is 1.44. The molecule has 0 aromatic carbocycles. The van der Waals surface area contributed by atoms with Crippen LogP contribution in [0.1, 0.15) is 36.8 Å². The van der Waals surface area contributed by atoms with E-state index in [1.165, 1.54) is 7.11 Å². The van der Waals surface area contributed by atoms with Crippen molar-refractivity contribution < 1.29 is 13.9 Å². The highest BCUT2D eigenvalue weighted by molar-refractivity contribution is 5.83. The van der Waals surface area contributed by atoms with Crippen LogP contribution in [0.5, 0.6) is 0 Å². The van der Waals surface area contributed by atoms with Gasteiger partial charge >= 0.3 is 11.9 Å². The standard InChI is InChI=1S/C9H14N2O3/c1-4-6(2)5-7-10-11-8(14-7)9(12)13-3/h6H,4-5H2,1-3H3. The van der Waals surface area contributed by atoms with Crippen molar-refractivity contribution in [3.05, 3.63) is 11.8 Å². The van der Waals surface area contributed by atoms with Crippen LogP contribution in [0, 0.1) is 5.92 Å². The SMILES string of the molecule is CCC(C)Cc1nnc(C(=O)OC)o1. The van der Waals surface area contributed by atoms with E-state index < -0.39 is 5.97 Å². The van der Waals surface area contributed by atoms with Gasteiger partial charge in [-0.1, -0.05) is 20.3 Å². The summed E-state index contributed by atoms with van der Waals surface area (Å²) >= 11 is 0. The summed E-state index contributed by atoms with van der Waals surface area (Å²) in [7, 11) is 1.28. The maximum atomic E-state index is 11.0. The molecule has 1 rings (SSSR count). The molecule has 78 valence electrons. The number of hydrogen-bond acceptors (Lipinski definition) is 5. The van der Waals surface area contributed by atoms with Crippen LogP contribution < -0.4 is 0 Å². The molecule has 0 aliphatic rings. The molecule has 0 aliphatic carbocycles. The van der Waals surface area contributed by atoms with Crippen molar-refractivity contribution in [2.24, 2.45) is 5.92 Å². The number of rotatable bonds is 4. The van der Waals surface area contributed by atoms with E-state index in [1.807, 2.05) is 0 Å². The van der Waals surface area contributed by atoms with E-state index in [9.17, 15) is 4.79 Å². The number of aromatic nitrogens is 2. The molecule has 5 heteroatoms. The third kappa shape index (κ3) is 2.55. The minimum Gasteiger partial charge on any atom is -0.462 e. The van der Waals surface area contributed by atoms with Crippen molar-refractivity contribution >= 4 is 5.97 Å². The molecule has 0 fully saturated rings. The van der Waals surface area contributed by atoms with Crippen LogP contribution in [0.3, 0.4) is 0 Å². The molecule has 5 nitrogen and oxygen atoms in total. The van der Waals surface area contributed by atoms with Gasteiger partial charge in [-0.2, -0.15) is 0 Å². The summed E-state index contributed by atoms with van der Waals surface area (Å²) in [4.78, 5) is 11.0. The van der Waals surface area contributed by atoms with Gasteiger partial charge in [0.2, 0.25) is 5.89 Å². The van der Waals surface area contributed by atoms with Crippen molar-refractivity contribution in [1.29, 1.82) is 0 Å². The maximum absolute atomic E-state index is 11.0. The topological polar surface area (TPSA) is 65.2 Å². The van der Waals surface area contributed by atoms with Gasteiger partial charge in [0.1, 0.15) is 0 Å². The van der Waals surface area contributed by atoms with Crippen LogP contribution in [0.15, 0.2) is 4.42 Å². The van der Waals surface area contributed by atoms with E-state index in [4.69, 9.17) is 4.42 Å². The van der Waals surface area contributed by atoms with Crippen molar-refractivity contribution in [1.82, 2.24) is 10.2 Å². The Morgan fingerprint density at radius 3 is 2.86 bits per heavy atom. The van der Waals surface area contributed by atoms with E-state index in [2.05, 4.69) is 28.8 Å². The van der Waals surface area contributed by atoms with Crippen molar-refractivity contribution in [2.45, 2.75) is 26.7 Å². The molecule has 1 atom stereocenters. The summed E-state index contributed by atoms with van der Waals surface area (Å²) < 4.78 is 9.56. The molecule has 1 unspecified atom stereocenters. The minimum absolute atomic E-state index is 0.0780. The number of nitrogens with zero attached hydrogens (tertiary/aromatic N) is 2. The third-order valence-corrected chi connectivity index (χ3v) is 2.05. The molecule has 1 heterocycles. The van der Waals surface area contributed by atoms with Crippen LogP contribution in [0.2, 0.25) is 0 Å². The third-order valence-electron chi connectivity index (χ3n) is 2.05. The number of methoxy groups -OCH3 is 1. The van der Waals surface area contributed by atoms with Gasteiger partial charge in [0.05, 0.1) is 7.11 Å². The van der Waals surface area contributed by atoms with Crippen LogP contribution in [0.4, 0.5) is 0 Å². The Balaban J connectivity index is 2.63. The molecule has 1 aromatic heterocycles. The summed E-state index contributed by atoms with van der Waals surface area (Å²) in [5.74, 6) is 0.291. The zero-order valence-electron chi connectivity index (χ0n) is 8.61. The molecular weight excluding hydrogens is 184 g/mol. The predicted molar refractivity (Wildman–Crippen MR) is 48.8 cm³/mol. The average Bonchev–Trinajstić information content (AvgIpc) is 2.65. The summed E-state index contributed by atoms with van der Waals surface area (Å²) in [6, 6.07) is 0. The van der Waals surface area contributed by atoms with Crippen molar-refractivity contribution in [3.8, 4) is 0 Å². The summed E-state index contributed by atoms with van der Waals surface area (Å²) in [5, 5.41) is 7.34. The Morgan fingerprint density at radius 2 is 2.29 bits per heavy atom. The number of hydrogen-bond donors (Lipinski definition) is 0. The highest BCUT2D eigenvalue weighted by atomic mass is 16.5. The van der Waals surface area contributed by atoms with Gasteiger partial charge in [-0.3, -0.25) is 0 Å². The Labute approximate surface area is 82.5 Å². The second-order valence-corrected chi connectivity index (χ2v) is 3.21. The Hall–Kier alpha value is -1.39. The Kier molecular flexibility index (Phi) is 3.62. The van der Waals surface area contributed by atoms with Gasteiger partial charge in [0, 0.05) is 6.42 Å². The highest BCUT2D eigenvalue weighted by Crippen LogP contribution is 2.10. The Morgan fingerprint density at radius 1 is 1.57 bits per heavy atom. The summed E-state index contributed by atoms with van der Waals surface area (Å²) in [6.45, 7) is 4.17. The van der Waals surface area contributed by atoms with E-state index in [0.717, 1.165) is 6.42 Å². The molecule has 0 amide bonds. The van der Waals surface area contributed by atoms with E-state index >= 15 is 0 Å². The lowest BCUT2D eigenvalue weighted by molar-refractivity contribution is 0.0553. The first kappa shape index (κ1) is 10.7. The molecule has 0 spiro atoms. The highest BCUT2D eigenvalue weighted by Gasteiger charge is 2.15. The van der Waals surface area contributed by atoms with Crippen LogP contribution in [-0.2, 0) is 11.2 Å². The fourth-order valence-corrected chi connectivity index (χ4v) is 0.948. The summed E-state index contributed by atoms with van der Waals surface area (Å²) in [5.41, 5.74) is 0. The maximum Gasteiger partial charge on any atom is 0.396 e. The lowest BCUT2D eigenvalue weighted by Crippen LogP contribution is -2.01. The molecule has 14 heavy (non-hydrogen) atoms. The minimum atomic E-state index is -0.590. The lowest BCUT2D eigenvalue weighted by atomic mass is 10.1. The van der Waals surface area contributed by atoms with E-state index in [0.29, 0.717) is 18.2 Å². The van der Waals surface area contributed by atoms with E-state index in [-0.39, 0.29) is 5.89 Å². The second kappa shape index (κ2) is 4.74. The molecule has 0 saturated carbocycles. The van der Waals surface area contributed by atoms with E-state index in [1.54, 1.807) is 0 Å². The van der Waals surface area contributed by atoms with Crippen LogP contribution in [0.25, 0.3) is 0 Å². The number of carbonyl (C=O) groups excluding carboxylic acids is 1. The molecular formula is C9H14N2O3. The molecule has 0 bridgehead atoms. The number of ether oxygens (including phenoxy) is 1. The zero-order valence-corrected chi connectivity index (χ0v) is 8.61. The first-order valence-electron chi connectivity index (χ1n) is 4.58. The van der Waals surface area contributed by atoms with Crippen molar-refractivity contribution in [3.63, 3.8) is 0 Å². The first-order valence-corrected chi connectivity index (χ1v) is 4.58.